The molecule has 2 rings (SSSR count). The predicted molar refractivity (Wildman–Crippen MR) is 55.0 cm³/mol. The van der Waals surface area contributed by atoms with E-state index in [9.17, 15) is 0 Å². The van der Waals surface area contributed by atoms with Crippen molar-refractivity contribution in [1.82, 2.24) is 9.78 Å². The van der Waals surface area contributed by atoms with Crippen LogP contribution in [0, 0.1) is 11.3 Å². The van der Waals surface area contributed by atoms with Crippen LogP contribution in [0.4, 0.5) is 5.69 Å². The number of nitrogens with zero attached hydrogens (tertiary/aromatic N) is 3. The molecule has 0 aliphatic heterocycles. The summed E-state index contributed by atoms with van der Waals surface area (Å²) >= 11 is 0. The molecule has 4 heteroatoms. The van der Waals surface area contributed by atoms with Crippen molar-refractivity contribution < 1.29 is 0 Å². The van der Waals surface area contributed by atoms with Crippen molar-refractivity contribution in [3.8, 4) is 6.07 Å². The van der Waals surface area contributed by atoms with Gasteiger partial charge in [-0.3, -0.25) is 4.68 Å². The number of nitriles is 1. The molecule has 0 saturated heterocycles. The highest BCUT2D eigenvalue weighted by Gasteiger charge is 2.06. The first-order valence-electron chi connectivity index (χ1n) is 4.30. The summed E-state index contributed by atoms with van der Waals surface area (Å²) in [6, 6.07) is 5.92. The quantitative estimate of drug-likeness (QED) is 0.734. The summed E-state index contributed by atoms with van der Waals surface area (Å²) in [5, 5.41) is 17.2. The van der Waals surface area contributed by atoms with E-state index in [2.05, 4.69) is 16.5 Å². The van der Waals surface area contributed by atoms with Crippen LogP contribution in [0.3, 0.4) is 0 Å². The van der Waals surface area contributed by atoms with E-state index >= 15 is 0 Å². The third-order valence-corrected chi connectivity index (χ3v) is 2.13. The summed E-state index contributed by atoms with van der Waals surface area (Å²) in [5.41, 5.74) is 2.29. The molecule has 0 radical (unpaired) electrons. The lowest BCUT2D eigenvalue weighted by atomic mass is 10.1. The first kappa shape index (κ1) is 8.57. The fourth-order valence-electron chi connectivity index (χ4n) is 1.48. The number of hydrogen-bond donors (Lipinski definition) is 1. The van der Waals surface area contributed by atoms with Gasteiger partial charge >= 0.3 is 0 Å². The second kappa shape index (κ2) is 3.04. The third-order valence-electron chi connectivity index (χ3n) is 2.13. The van der Waals surface area contributed by atoms with E-state index in [1.54, 1.807) is 10.7 Å². The normalized spacial score (nSPS) is 10.1. The molecular weight excluding hydrogens is 176 g/mol. The Bertz CT molecular complexity index is 519. The van der Waals surface area contributed by atoms with E-state index in [0.29, 0.717) is 5.56 Å². The topological polar surface area (TPSA) is 53.6 Å². The number of rotatable bonds is 1. The molecule has 0 bridgehead atoms. The van der Waals surface area contributed by atoms with Crippen LogP contribution in [0.25, 0.3) is 10.9 Å². The minimum absolute atomic E-state index is 0.604. The van der Waals surface area contributed by atoms with Gasteiger partial charge in [-0.1, -0.05) is 0 Å². The van der Waals surface area contributed by atoms with Crippen molar-refractivity contribution >= 4 is 16.6 Å². The van der Waals surface area contributed by atoms with E-state index < -0.39 is 0 Å². The number of fused-ring (bicyclic) bond motifs is 1. The van der Waals surface area contributed by atoms with Gasteiger partial charge in [0, 0.05) is 31.4 Å². The Morgan fingerprint density at radius 1 is 1.50 bits per heavy atom. The minimum Gasteiger partial charge on any atom is -0.388 e. The molecule has 4 nitrogen and oxygen atoms in total. The number of benzene rings is 1. The van der Waals surface area contributed by atoms with E-state index in [1.807, 2.05) is 26.4 Å². The zero-order valence-corrected chi connectivity index (χ0v) is 8.07. The van der Waals surface area contributed by atoms with Crippen molar-refractivity contribution in [2.75, 3.05) is 12.4 Å². The average molecular weight is 186 g/mol. The van der Waals surface area contributed by atoms with Gasteiger partial charge in [-0.2, -0.15) is 10.4 Å². The second-order valence-corrected chi connectivity index (χ2v) is 3.13. The zero-order valence-electron chi connectivity index (χ0n) is 8.07. The van der Waals surface area contributed by atoms with E-state index in [4.69, 9.17) is 5.26 Å². The largest absolute Gasteiger partial charge is 0.388 e. The molecule has 0 atom stereocenters. The predicted octanol–water partition coefficient (Wildman–Crippen LogP) is 1.49. The summed E-state index contributed by atoms with van der Waals surface area (Å²) in [6.07, 6.45) is 1.90. The smallest absolute Gasteiger partial charge is 0.110 e. The maximum Gasteiger partial charge on any atom is 0.110 e. The zero-order chi connectivity index (χ0) is 10.1. The maximum absolute atomic E-state index is 8.94. The summed E-state index contributed by atoms with van der Waals surface area (Å²) in [4.78, 5) is 0. The monoisotopic (exact) mass is 186 g/mol. The fraction of sp³-hybridized carbons (Fsp3) is 0.200. The number of aryl methyl sites for hydroxylation is 1. The lowest BCUT2D eigenvalue weighted by Gasteiger charge is -1.99. The van der Waals surface area contributed by atoms with Crippen LogP contribution in [-0.4, -0.2) is 16.8 Å². The Labute approximate surface area is 81.8 Å². The SMILES string of the molecule is CNc1cc(C#N)c2nn(C)cc2c1. The van der Waals surface area contributed by atoms with Crippen molar-refractivity contribution in [1.29, 1.82) is 5.26 Å². The van der Waals surface area contributed by atoms with Crippen LogP contribution in [0.5, 0.6) is 0 Å². The molecule has 14 heavy (non-hydrogen) atoms. The first-order chi connectivity index (χ1) is 6.74. The Morgan fingerprint density at radius 2 is 2.29 bits per heavy atom. The lowest BCUT2D eigenvalue weighted by Crippen LogP contribution is -1.89. The molecule has 1 N–H and O–H groups in total. The summed E-state index contributed by atoms with van der Waals surface area (Å²) in [5.74, 6) is 0. The molecule has 0 spiro atoms. The van der Waals surface area contributed by atoms with E-state index in [-0.39, 0.29) is 0 Å². The number of anilines is 1. The molecule has 0 unspecified atom stereocenters. The molecular formula is C10H10N4. The molecule has 0 fully saturated rings. The van der Waals surface area contributed by atoms with Gasteiger partial charge in [0.15, 0.2) is 0 Å². The minimum atomic E-state index is 0.604. The molecule has 1 heterocycles. The highest BCUT2D eigenvalue weighted by Crippen LogP contribution is 2.21. The van der Waals surface area contributed by atoms with Crippen LogP contribution < -0.4 is 5.32 Å². The number of nitrogens with one attached hydrogen (secondary N) is 1. The first-order valence-corrected chi connectivity index (χ1v) is 4.30. The molecule has 0 saturated carbocycles. The Hall–Kier alpha value is -2.02. The van der Waals surface area contributed by atoms with E-state index in [0.717, 1.165) is 16.6 Å². The van der Waals surface area contributed by atoms with Crippen LogP contribution >= 0.6 is 0 Å². The van der Waals surface area contributed by atoms with Crippen molar-refractivity contribution in [3.63, 3.8) is 0 Å². The lowest BCUT2D eigenvalue weighted by molar-refractivity contribution is 0.779. The molecule has 1 aromatic heterocycles. The molecule has 0 aliphatic rings. The van der Waals surface area contributed by atoms with Gasteiger partial charge in [-0.05, 0) is 12.1 Å². The van der Waals surface area contributed by atoms with Gasteiger partial charge in [-0.15, -0.1) is 0 Å². The maximum atomic E-state index is 8.94. The summed E-state index contributed by atoms with van der Waals surface area (Å²) < 4.78 is 1.71. The molecule has 0 aliphatic carbocycles. The van der Waals surface area contributed by atoms with Crippen molar-refractivity contribution in [3.05, 3.63) is 23.9 Å². The van der Waals surface area contributed by atoms with Gasteiger partial charge in [0.2, 0.25) is 0 Å². The molecule has 0 amide bonds. The van der Waals surface area contributed by atoms with Crippen molar-refractivity contribution in [2.24, 2.45) is 7.05 Å². The standard InChI is InChI=1S/C10H10N4/c1-12-9-3-7(5-11)10-8(4-9)6-14(2)13-10/h3-4,6,12H,1-2H3. The highest BCUT2D eigenvalue weighted by molar-refractivity contribution is 5.87. The van der Waals surface area contributed by atoms with Gasteiger partial charge < -0.3 is 5.32 Å². The van der Waals surface area contributed by atoms with Gasteiger partial charge in [0.1, 0.15) is 11.6 Å². The number of hydrogen-bond acceptors (Lipinski definition) is 3. The molecule has 2 aromatic rings. The third kappa shape index (κ3) is 1.19. The highest BCUT2D eigenvalue weighted by atomic mass is 15.2. The summed E-state index contributed by atoms with van der Waals surface area (Å²) in [6.45, 7) is 0. The van der Waals surface area contributed by atoms with Crippen LogP contribution in [0.1, 0.15) is 5.56 Å². The fourth-order valence-corrected chi connectivity index (χ4v) is 1.48. The van der Waals surface area contributed by atoms with Crippen molar-refractivity contribution in [2.45, 2.75) is 0 Å². The van der Waals surface area contributed by atoms with Crippen LogP contribution in [0.2, 0.25) is 0 Å². The van der Waals surface area contributed by atoms with Gasteiger partial charge in [0.25, 0.3) is 0 Å². The Balaban J connectivity index is 2.80. The molecule has 70 valence electrons. The van der Waals surface area contributed by atoms with Gasteiger partial charge in [0.05, 0.1) is 5.56 Å². The van der Waals surface area contributed by atoms with Gasteiger partial charge in [-0.25, -0.2) is 0 Å². The van der Waals surface area contributed by atoms with E-state index in [1.165, 1.54) is 0 Å². The second-order valence-electron chi connectivity index (χ2n) is 3.13. The van der Waals surface area contributed by atoms with Crippen LogP contribution in [-0.2, 0) is 7.05 Å². The molecule has 1 aromatic carbocycles. The average Bonchev–Trinajstić information content (AvgIpc) is 2.56. The Morgan fingerprint density at radius 3 is 2.93 bits per heavy atom. The number of aromatic nitrogens is 2. The summed E-state index contributed by atoms with van der Waals surface area (Å²) in [7, 11) is 3.68. The Kier molecular flexibility index (Phi) is 1.86. The van der Waals surface area contributed by atoms with Crippen LogP contribution in [0.15, 0.2) is 18.3 Å².